The molecule has 0 radical (unpaired) electrons. The first-order chi connectivity index (χ1) is 20.8. The van der Waals surface area contributed by atoms with Crippen molar-refractivity contribution in [3.05, 3.63) is 92.7 Å². The Morgan fingerprint density at radius 2 is 1.82 bits per heavy atom. The van der Waals surface area contributed by atoms with Crippen LogP contribution in [0.25, 0.3) is 0 Å². The Morgan fingerprint density at radius 1 is 1.11 bits per heavy atom. The Labute approximate surface area is 265 Å². The SMILES string of the molecule is CC1c2c(Cl)cc(Cl)cc2CCN1C(=O)CNc1cc(NC(=O)[C@@H](NC(=O)OC(C)(C)C)c2ccccc2)c(C#N)cc1F. The quantitative estimate of drug-likeness (QED) is 0.262. The van der Waals surface area contributed by atoms with E-state index in [2.05, 4.69) is 16.0 Å². The number of anilines is 2. The molecule has 9 nitrogen and oxygen atoms in total. The molecule has 3 amide bonds. The summed E-state index contributed by atoms with van der Waals surface area (Å²) in [5.74, 6) is -1.77. The molecule has 0 saturated heterocycles. The molecule has 12 heteroatoms. The van der Waals surface area contributed by atoms with Gasteiger partial charge >= 0.3 is 6.09 Å². The summed E-state index contributed by atoms with van der Waals surface area (Å²) in [7, 11) is 0. The van der Waals surface area contributed by atoms with Gasteiger partial charge in [0.05, 0.1) is 29.5 Å². The first kappa shape index (κ1) is 32.6. The highest BCUT2D eigenvalue weighted by Gasteiger charge is 2.30. The second kappa shape index (κ2) is 13.5. The maximum Gasteiger partial charge on any atom is 0.408 e. The van der Waals surface area contributed by atoms with E-state index in [0.29, 0.717) is 28.6 Å². The second-order valence-electron chi connectivity index (χ2n) is 11.3. The van der Waals surface area contributed by atoms with Crippen LogP contribution in [-0.4, -0.2) is 41.5 Å². The molecule has 4 rings (SSSR count). The molecule has 1 heterocycles. The highest BCUT2D eigenvalue weighted by atomic mass is 35.5. The van der Waals surface area contributed by atoms with Crippen molar-refractivity contribution in [2.75, 3.05) is 23.7 Å². The maximum absolute atomic E-state index is 15.0. The Bertz CT molecular complexity index is 1620. The van der Waals surface area contributed by atoms with Crippen LogP contribution in [-0.2, 0) is 20.7 Å². The molecule has 44 heavy (non-hydrogen) atoms. The normalized spacial score (nSPS) is 15.0. The highest BCUT2D eigenvalue weighted by Crippen LogP contribution is 2.37. The zero-order valence-corrected chi connectivity index (χ0v) is 26.1. The predicted octanol–water partition coefficient (Wildman–Crippen LogP) is 6.77. The average molecular weight is 641 g/mol. The number of benzene rings is 3. The minimum Gasteiger partial charge on any atom is -0.444 e. The molecule has 2 atom stereocenters. The van der Waals surface area contributed by atoms with Crippen LogP contribution < -0.4 is 16.0 Å². The Kier molecular flexibility index (Phi) is 10.0. The van der Waals surface area contributed by atoms with Crippen molar-refractivity contribution in [3.8, 4) is 6.07 Å². The van der Waals surface area contributed by atoms with Gasteiger partial charge in [-0.3, -0.25) is 9.59 Å². The van der Waals surface area contributed by atoms with Gasteiger partial charge in [-0.1, -0.05) is 53.5 Å². The van der Waals surface area contributed by atoms with Crippen molar-refractivity contribution >= 4 is 52.5 Å². The number of rotatable bonds is 7. The summed E-state index contributed by atoms with van der Waals surface area (Å²) in [5, 5.41) is 18.6. The molecular weight excluding hydrogens is 608 g/mol. The van der Waals surface area contributed by atoms with Gasteiger partial charge in [-0.2, -0.15) is 5.26 Å². The summed E-state index contributed by atoms with van der Waals surface area (Å²) in [6, 6.07) is 14.5. The summed E-state index contributed by atoms with van der Waals surface area (Å²) < 4.78 is 20.3. The number of carbonyl (C=O) groups excluding carboxylic acids is 3. The van der Waals surface area contributed by atoms with Gasteiger partial charge in [0.1, 0.15) is 23.5 Å². The lowest BCUT2D eigenvalue weighted by molar-refractivity contribution is -0.131. The van der Waals surface area contributed by atoms with Crippen molar-refractivity contribution < 1.29 is 23.5 Å². The molecule has 1 aliphatic rings. The molecule has 3 N–H and O–H groups in total. The van der Waals surface area contributed by atoms with Gasteiger partial charge in [0.2, 0.25) is 5.91 Å². The topological polar surface area (TPSA) is 124 Å². The number of fused-ring (bicyclic) bond motifs is 1. The largest absolute Gasteiger partial charge is 0.444 e. The number of alkyl carbamates (subject to hydrolysis) is 1. The predicted molar refractivity (Wildman–Crippen MR) is 167 cm³/mol. The van der Waals surface area contributed by atoms with E-state index in [1.165, 1.54) is 6.07 Å². The van der Waals surface area contributed by atoms with Gasteiger partial charge < -0.3 is 25.6 Å². The lowest BCUT2D eigenvalue weighted by atomic mass is 9.93. The Hall–Kier alpha value is -4.33. The van der Waals surface area contributed by atoms with E-state index in [1.807, 2.05) is 19.1 Å². The van der Waals surface area contributed by atoms with Crippen molar-refractivity contribution in [2.45, 2.75) is 51.8 Å². The van der Waals surface area contributed by atoms with Crippen molar-refractivity contribution in [1.29, 1.82) is 5.26 Å². The maximum atomic E-state index is 15.0. The van der Waals surface area contributed by atoms with E-state index >= 15 is 4.39 Å². The molecule has 1 aliphatic heterocycles. The standard InChI is InChI=1S/C32H32Cl2FN5O4/c1-18-28-20(12-22(33)14-23(28)34)10-11-40(18)27(41)17-37-26-15-25(21(16-36)13-24(26)35)38-30(42)29(19-8-6-5-7-9-19)39-31(43)44-32(2,3)4/h5-9,12-15,18,29,37H,10-11,17H2,1-4H3,(H,38,42)(H,39,43)/t18?,29-/m0/s1. The number of nitrogens with zero attached hydrogens (tertiary/aromatic N) is 2. The lowest BCUT2D eigenvalue weighted by Gasteiger charge is -2.36. The number of nitriles is 1. The first-order valence-corrected chi connectivity index (χ1v) is 14.6. The minimum atomic E-state index is -1.19. The molecule has 0 saturated carbocycles. The van der Waals surface area contributed by atoms with Crippen LogP contribution in [0.4, 0.5) is 20.6 Å². The molecule has 230 valence electrons. The Morgan fingerprint density at radius 3 is 2.48 bits per heavy atom. The molecule has 0 aromatic heterocycles. The van der Waals surface area contributed by atoms with Gasteiger partial charge in [-0.05, 0) is 75.1 Å². The minimum absolute atomic E-state index is 0.00954. The van der Waals surface area contributed by atoms with E-state index in [1.54, 1.807) is 62.1 Å². The number of hydrogen-bond donors (Lipinski definition) is 3. The summed E-state index contributed by atoms with van der Waals surface area (Å²) in [4.78, 5) is 40.9. The number of hydrogen-bond acceptors (Lipinski definition) is 6. The summed E-state index contributed by atoms with van der Waals surface area (Å²) in [5.41, 5.74) is 1.19. The van der Waals surface area contributed by atoms with E-state index in [4.69, 9.17) is 27.9 Å². The second-order valence-corrected chi connectivity index (χ2v) is 12.1. The van der Waals surface area contributed by atoms with E-state index < -0.39 is 29.5 Å². The van der Waals surface area contributed by atoms with Gasteiger partial charge in [0, 0.05) is 16.6 Å². The average Bonchev–Trinajstić information content (AvgIpc) is 2.95. The molecule has 3 aromatic carbocycles. The monoisotopic (exact) mass is 639 g/mol. The van der Waals surface area contributed by atoms with Gasteiger partial charge in [-0.15, -0.1) is 0 Å². The summed E-state index contributed by atoms with van der Waals surface area (Å²) >= 11 is 12.6. The van der Waals surface area contributed by atoms with Crippen LogP contribution in [0, 0.1) is 17.1 Å². The molecule has 1 unspecified atom stereocenters. The number of ether oxygens (including phenoxy) is 1. The molecule has 0 fully saturated rings. The van der Waals surface area contributed by atoms with E-state index in [0.717, 1.165) is 17.2 Å². The number of nitrogens with one attached hydrogen (secondary N) is 3. The van der Waals surface area contributed by atoms with Crippen molar-refractivity contribution in [3.63, 3.8) is 0 Å². The van der Waals surface area contributed by atoms with E-state index in [9.17, 15) is 19.6 Å². The summed E-state index contributed by atoms with van der Waals surface area (Å²) in [6.45, 7) is 7.10. The Balaban J connectivity index is 1.52. The fourth-order valence-electron chi connectivity index (χ4n) is 5.00. The van der Waals surface area contributed by atoms with Gasteiger partial charge in [-0.25, -0.2) is 9.18 Å². The highest BCUT2D eigenvalue weighted by molar-refractivity contribution is 6.35. The van der Waals surface area contributed by atoms with Crippen LogP contribution in [0.5, 0.6) is 0 Å². The molecule has 0 bridgehead atoms. The van der Waals surface area contributed by atoms with Gasteiger partial charge in [0.25, 0.3) is 5.91 Å². The van der Waals surface area contributed by atoms with Crippen LogP contribution >= 0.6 is 23.2 Å². The van der Waals surface area contributed by atoms with Crippen molar-refractivity contribution in [1.82, 2.24) is 10.2 Å². The fourth-order valence-corrected chi connectivity index (χ4v) is 5.69. The van der Waals surface area contributed by atoms with Crippen LogP contribution in [0.1, 0.15) is 62.0 Å². The molecular formula is C32H32Cl2FN5O4. The number of halogens is 3. The van der Waals surface area contributed by atoms with Crippen LogP contribution in [0.2, 0.25) is 10.0 Å². The van der Waals surface area contributed by atoms with E-state index in [-0.39, 0.29) is 35.4 Å². The third-order valence-electron chi connectivity index (χ3n) is 6.98. The molecule has 0 spiro atoms. The third-order valence-corrected chi connectivity index (χ3v) is 7.51. The number of carbonyl (C=O) groups is 3. The summed E-state index contributed by atoms with van der Waals surface area (Å²) in [6.07, 6.45) is -0.256. The lowest BCUT2D eigenvalue weighted by Crippen LogP contribution is -2.42. The third kappa shape index (κ3) is 7.78. The fraction of sp³-hybridized carbons (Fsp3) is 0.312. The van der Waals surface area contributed by atoms with Crippen molar-refractivity contribution in [2.24, 2.45) is 0 Å². The van der Waals surface area contributed by atoms with Crippen LogP contribution in [0.3, 0.4) is 0 Å². The van der Waals surface area contributed by atoms with Crippen LogP contribution in [0.15, 0.2) is 54.6 Å². The zero-order valence-electron chi connectivity index (χ0n) is 24.6. The molecule has 3 aromatic rings. The first-order valence-electron chi connectivity index (χ1n) is 13.9. The zero-order chi connectivity index (χ0) is 32.2. The molecule has 0 aliphatic carbocycles. The van der Waals surface area contributed by atoms with Gasteiger partial charge in [0.15, 0.2) is 0 Å². The smallest absolute Gasteiger partial charge is 0.408 e. The number of amides is 3.